The van der Waals surface area contributed by atoms with Crippen LogP contribution in [0.3, 0.4) is 0 Å². The van der Waals surface area contributed by atoms with Crippen molar-refractivity contribution in [1.29, 1.82) is 0 Å². The van der Waals surface area contributed by atoms with Gasteiger partial charge in [0, 0.05) is 0 Å². The van der Waals surface area contributed by atoms with Gasteiger partial charge in [0.15, 0.2) is 5.02 Å². The highest BCUT2D eigenvalue weighted by Crippen LogP contribution is 2.41. The van der Waals surface area contributed by atoms with Gasteiger partial charge in [-0.3, -0.25) is 30.3 Å². The van der Waals surface area contributed by atoms with E-state index in [1.54, 1.807) is 0 Å². The molecule has 0 aliphatic carbocycles. The molecule has 0 amide bonds. The van der Waals surface area contributed by atoms with Crippen molar-refractivity contribution >= 4 is 28.7 Å². The summed E-state index contributed by atoms with van der Waals surface area (Å²) in [5, 5.41) is 40.0. The van der Waals surface area contributed by atoms with Crippen LogP contribution in [0.5, 0.6) is 0 Å². The number of aliphatic hydroxyl groups is 1. The summed E-state index contributed by atoms with van der Waals surface area (Å²) in [6, 6.07) is 0.473. The molecule has 0 radical (unpaired) electrons. The van der Waals surface area contributed by atoms with Gasteiger partial charge in [0.1, 0.15) is 5.56 Å². The molecule has 18 heavy (non-hydrogen) atoms. The average Bonchev–Trinajstić information content (AvgIpc) is 2.26. The van der Waals surface area contributed by atoms with Crippen molar-refractivity contribution in [1.82, 2.24) is 0 Å². The fraction of sp³-hybridized carbons (Fsp3) is 0.143. The smallest absolute Gasteiger partial charge is 0.307 e. The molecule has 0 atom stereocenters. The van der Waals surface area contributed by atoms with E-state index in [1.807, 2.05) is 0 Å². The summed E-state index contributed by atoms with van der Waals surface area (Å²) in [5.74, 6) is 0. The number of aliphatic hydroxyl groups excluding tert-OH is 1. The van der Waals surface area contributed by atoms with Crippen molar-refractivity contribution in [2.24, 2.45) is 0 Å². The number of hydrogen-bond donors (Lipinski definition) is 1. The Morgan fingerprint density at radius 3 is 1.89 bits per heavy atom. The number of rotatable bonds is 4. The molecule has 0 saturated carbocycles. The Bertz CT molecular complexity index is 558. The van der Waals surface area contributed by atoms with Crippen LogP contribution < -0.4 is 0 Å². The first-order chi connectivity index (χ1) is 8.31. The second-order valence-corrected chi connectivity index (χ2v) is 3.36. The van der Waals surface area contributed by atoms with Crippen molar-refractivity contribution < 1.29 is 19.9 Å². The molecule has 0 saturated heterocycles. The highest BCUT2D eigenvalue weighted by atomic mass is 35.5. The number of nitrogens with zero attached hydrogens (tertiary/aromatic N) is 3. The van der Waals surface area contributed by atoms with Gasteiger partial charge in [-0.25, -0.2) is 0 Å². The van der Waals surface area contributed by atoms with Gasteiger partial charge in [0.05, 0.1) is 27.4 Å². The number of halogens is 1. The average molecular weight is 278 g/mol. The molecule has 11 heteroatoms. The van der Waals surface area contributed by atoms with Crippen molar-refractivity contribution in [2.75, 3.05) is 0 Å². The standard InChI is InChI=1S/C7H4ClN3O7/c8-6-5(10(15)16)1-4(9(13)14)3(2-12)7(6)11(17)18/h1,12H,2H2. The number of nitro groups is 3. The quantitative estimate of drug-likeness (QED) is 0.647. The zero-order valence-electron chi connectivity index (χ0n) is 8.40. The van der Waals surface area contributed by atoms with Crippen LogP contribution in [0.4, 0.5) is 17.1 Å². The molecule has 96 valence electrons. The van der Waals surface area contributed by atoms with Crippen molar-refractivity contribution in [3.05, 3.63) is 47.0 Å². The Hall–Kier alpha value is -2.33. The maximum atomic E-state index is 10.7. The second-order valence-electron chi connectivity index (χ2n) is 2.99. The van der Waals surface area contributed by atoms with Crippen LogP contribution >= 0.6 is 11.6 Å². The van der Waals surface area contributed by atoms with Crippen molar-refractivity contribution in [3.8, 4) is 0 Å². The van der Waals surface area contributed by atoms with Gasteiger partial charge in [0.25, 0.3) is 5.69 Å². The lowest BCUT2D eigenvalue weighted by Crippen LogP contribution is -2.04. The predicted octanol–water partition coefficient (Wildman–Crippen LogP) is 1.56. The van der Waals surface area contributed by atoms with E-state index in [1.165, 1.54) is 0 Å². The Morgan fingerprint density at radius 2 is 1.56 bits per heavy atom. The fourth-order valence-corrected chi connectivity index (χ4v) is 1.60. The number of hydrogen-bond acceptors (Lipinski definition) is 7. The summed E-state index contributed by atoms with van der Waals surface area (Å²) < 4.78 is 0. The monoisotopic (exact) mass is 277 g/mol. The first-order valence-corrected chi connectivity index (χ1v) is 4.58. The lowest BCUT2D eigenvalue weighted by atomic mass is 10.1. The van der Waals surface area contributed by atoms with Crippen LogP contribution in [-0.2, 0) is 6.61 Å². The zero-order valence-corrected chi connectivity index (χ0v) is 9.16. The van der Waals surface area contributed by atoms with E-state index in [4.69, 9.17) is 16.7 Å². The summed E-state index contributed by atoms with van der Waals surface area (Å²) in [6.07, 6.45) is 0. The van der Waals surface area contributed by atoms with E-state index >= 15 is 0 Å². The first kappa shape index (κ1) is 13.7. The maximum absolute atomic E-state index is 10.7. The Labute approximate surface area is 103 Å². The number of benzene rings is 1. The highest BCUT2D eigenvalue weighted by Gasteiger charge is 2.35. The molecule has 1 aromatic rings. The summed E-state index contributed by atoms with van der Waals surface area (Å²) in [6.45, 7) is -1.04. The van der Waals surface area contributed by atoms with E-state index in [-0.39, 0.29) is 0 Å². The van der Waals surface area contributed by atoms with Crippen LogP contribution in [0.25, 0.3) is 0 Å². The minimum absolute atomic E-state index is 0.473. The molecule has 10 nitrogen and oxygen atoms in total. The van der Waals surface area contributed by atoms with Gasteiger partial charge in [0.2, 0.25) is 0 Å². The van der Waals surface area contributed by atoms with Gasteiger partial charge in [-0.2, -0.15) is 0 Å². The molecule has 1 N–H and O–H groups in total. The van der Waals surface area contributed by atoms with E-state index in [9.17, 15) is 30.3 Å². The topological polar surface area (TPSA) is 150 Å². The van der Waals surface area contributed by atoms with E-state index in [2.05, 4.69) is 0 Å². The maximum Gasteiger partial charge on any atom is 0.307 e. The molecule has 0 aliphatic heterocycles. The fourth-order valence-electron chi connectivity index (χ4n) is 1.30. The van der Waals surface area contributed by atoms with Crippen LogP contribution in [0.15, 0.2) is 6.07 Å². The van der Waals surface area contributed by atoms with E-state index in [0.717, 1.165) is 0 Å². The Balaban J connectivity index is 3.81. The lowest BCUT2D eigenvalue weighted by Gasteiger charge is -2.03. The van der Waals surface area contributed by atoms with Gasteiger partial charge >= 0.3 is 11.4 Å². The van der Waals surface area contributed by atoms with Crippen molar-refractivity contribution in [2.45, 2.75) is 6.61 Å². The summed E-state index contributed by atoms with van der Waals surface area (Å²) in [7, 11) is 0. The minimum atomic E-state index is -1.12. The van der Waals surface area contributed by atoms with Crippen LogP contribution in [0, 0.1) is 30.3 Å². The van der Waals surface area contributed by atoms with Gasteiger partial charge in [-0.05, 0) is 0 Å². The normalized spacial score (nSPS) is 10.1. The van der Waals surface area contributed by atoms with E-state index in [0.29, 0.717) is 6.07 Å². The van der Waals surface area contributed by atoms with E-state index < -0.39 is 49.0 Å². The molecular formula is C7H4ClN3O7. The number of nitro benzene ring substituents is 3. The molecule has 0 aliphatic rings. The van der Waals surface area contributed by atoms with Crippen LogP contribution in [0.1, 0.15) is 5.56 Å². The summed E-state index contributed by atoms with van der Waals surface area (Å²) in [4.78, 5) is 28.7. The molecule has 0 heterocycles. The van der Waals surface area contributed by atoms with Gasteiger partial charge in [-0.1, -0.05) is 11.6 Å². The van der Waals surface area contributed by atoms with Gasteiger partial charge in [-0.15, -0.1) is 0 Å². The molecule has 1 rings (SSSR count). The SMILES string of the molecule is O=[N+]([O-])c1cc([N+](=O)[O-])c(CO)c([N+](=O)[O-])c1Cl. The molecular weight excluding hydrogens is 274 g/mol. The van der Waals surface area contributed by atoms with Crippen LogP contribution in [0.2, 0.25) is 5.02 Å². The molecule has 0 unspecified atom stereocenters. The molecule has 0 fully saturated rings. The zero-order chi connectivity index (χ0) is 14.0. The third-order valence-corrected chi connectivity index (χ3v) is 2.41. The lowest BCUT2D eigenvalue weighted by molar-refractivity contribution is -0.404. The molecule has 0 spiro atoms. The Morgan fingerprint density at radius 1 is 1.06 bits per heavy atom. The van der Waals surface area contributed by atoms with Crippen LogP contribution in [-0.4, -0.2) is 19.9 Å². The Kier molecular flexibility index (Phi) is 3.73. The molecule has 1 aromatic carbocycles. The minimum Gasteiger partial charge on any atom is -0.391 e. The second kappa shape index (κ2) is 4.89. The molecule has 0 bridgehead atoms. The third-order valence-electron chi connectivity index (χ3n) is 2.04. The third kappa shape index (κ3) is 2.19. The van der Waals surface area contributed by atoms with Gasteiger partial charge < -0.3 is 5.11 Å². The summed E-state index contributed by atoms with van der Waals surface area (Å²) in [5.41, 5.74) is -3.62. The highest BCUT2D eigenvalue weighted by molar-refractivity contribution is 6.35. The predicted molar refractivity (Wildman–Crippen MR) is 57.3 cm³/mol. The summed E-state index contributed by atoms with van der Waals surface area (Å²) >= 11 is 5.44. The van der Waals surface area contributed by atoms with Crippen molar-refractivity contribution in [3.63, 3.8) is 0 Å². The molecule has 0 aromatic heterocycles. The first-order valence-electron chi connectivity index (χ1n) is 4.20. The largest absolute Gasteiger partial charge is 0.391 e.